The van der Waals surface area contributed by atoms with Gasteiger partial charge in [-0.2, -0.15) is 0 Å². The van der Waals surface area contributed by atoms with Crippen LogP contribution in [0.1, 0.15) is 49.0 Å². The molecule has 0 saturated carbocycles. The Morgan fingerprint density at radius 2 is 2.20 bits per heavy atom. The molecule has 0 amide bonds. The monoisotopic (exact) mass is 205 g/mol. The van der Waals surface area contributed by atoms with Crippen LogP contribution in [0.4, 0.5) is 0 Å². The highest BCUT2D eigenvalue weighted by Gasteiger charge is 2.08. The fourth-order valence-electron chi connectivity index (χ4n) is 1.56. The number of hydrogen-bond acceptors (Lipinski definition) is 2. The van der Waals surface area contributed by atoms with E-state index in [1.165, 1.54) is 0 Å². The molecule has 1 aromatic heterocycles. The standard InChI is InChI=1S/C13H19NO/c1-10(2)5-4-6-13(15)12-9-14-8-7-11(12)3/h7-10H,4-6H2,1-3H3. The van der Waals surface area contributed by atoms with Gasteiger partial charge in [0.2, 0.25) is 0 Å². The van der Waals surface area contributed by atoms with Gasteiger partial charge >= 0.3 is 0 Å². The first-order valence-electron chi connectivity index (χ1n) is 5.55. The number of ketones is 1. The number of aryl methyl sites for hydroxylation is 1. The van der Waals surface area contributed by atoms with Crippen molar-refractivity contribution in [1.29, 1.82) is 0 Å². The first-order chi connectivity index (χ1) is 7.11. The van der Waals surface area contributed by atoms with Crippen LogP contribution in [0.3, 0.4) is 0 Å². The quantitative estimate of drug-likeness (QED) is 0.689. The van der Waals surface area contributed by atoms with Gasteiger partial charge in [0.1, 0.15) is 0 Å². The molecule has 0 aliphatic carbocycles. The van der Waals surface area contributed by atoms with E-state index in [0.29, 0.717) is 12.3 Å². The molecule has 82 valence electrons. The second-order valence-corrected chi connectivity index (χ2v) is 4.40. The maximum atomic E-state index is 11.8. The lowest BCUT2D eigenvalue weighted by molar-refractivity contribution is 0.0977. The van der Waals surface area contributed by atoms with Crippen molar-refractivity contribution < 1.29 is 4.79 Å². The molecule has 0 N–H and O–H groups in total. The molecule has 0 aliphatic rings. The molecule has 0 bridgehead atoms. The summed E-state index contributed by atoms with van der Waals surface area (Å²) in [6.45, 7) is 6.32. The van der Waals surface area contributed by atoms with Crippen LogP contribution >= 0.6 is 0 Å². The van der Waals surface area contributed by atoms with Crippen LogP contribution in [0, 0.1) is 12.8 Å². The summed E-state index contributed by atoms with van der Waals surface area (Å²) in [6.07, 6.45) is 6.13. The van der Waals surface area contributed by atoms with Crippen LogP contribution in [0.5, 0.6) is 0 Å². The normalized spacial score (nSPS) is 10.7. The third kappa shape index (κ3) is 3.82. The van der Waals surface area contributed by atoms with E-state index in [9.17, 15) is 4.79 Å². The molecule has 0 aromatic carbocycles. The number of nitrogens with zero attached hydrogens (tertiary/aromatic N) is 1. The second kappa shape index (κ2) is 5.64. The van der Waals surface area contributed by atoms with E-state index < -0.39 is 0 Å². The lowest BCUT2D eigenvalue weighted by atomic mass is 10.0. The molecule has 1 heterocycles. The van der Waals surface area contributed by atoms with E-state index in [-0.39, 0.29) is 5.78 Å². The Hall–Kier alpha value is -1.18. The van der Waals surface area contributed by atoms with Gasteiger partial charge < -0.3 is 0 Å². The smallest absolute Gasteiger partial charge is 0.164 e. The zero-order valence-electron chi connectivity index (χ0n) is 9.79. The minimum atomic E-state index is 0.223. The zero-order valence-corrected chi connectivity index (χ0v) is 9.79. The van der Waals surface area contributed by atoms with Gasteiger partial charge in [-0.25, -0.2) is 0 Å². The van der Waals surface area contributed by atoms with Gasteiger partial charge in [0.15, 0.2) is 5.78 Å². The summed E-state index contributed by atoms with van der Waals surface area (Å²) in [6, 6.07) is 1.88. The lowest BCUT2D eigenvalue weighted by Crippen LogP contribution is -2.03. The molecular weight excluding hydrogens is 186 g/mol. The predicted molar refractivity (Wildman–Crippen MR) is 62.0 cm³/mol. The Morgan fingerprint density at radius 3 is 2.80 bits per heavy atom. The van der Waals surface area contributed by atoms with Crippen molar-refractivity contribution in [2.45, 2.75) is 40.0 Å². The number of aromatic nitrogens is 1. The van der Waals surface area contributed by atoms with Crippen molar-refractivity contribution in [3.8, 4) is 0 Å². The fourth-order valence-corrected chi connectivity index (χ4v) is 1.56. The summed E-state index contributed by atoms with van der Waals surface area (Å²) in [5, 5.41) is 0. The molecular formula is C13H19NO. The van der Waals surface area contributed by atoms with Crippen LogP contribution in [-0.4, -0.2) is 10.8 Å². The highest BCUT2D eigenvalue weighted by atomic mass is 16.1. The van der Waals surface area contributed by atoms with Crippen molar-refractivity contribution in [1.82, 2.24) is 4.98 Å². The van der Waals surface area contributed by atoms with Crippen LogP contribution in [-0.2, 0) is 0 Å². The maximum absolute atomic E-state index is 11.8. The Bertz CT molecular complexity index is 331. The number of pyridine rings is 1. The van der Waals surface area contributed by atoms with Crippen LogP contribution in [0.15, 0.2) is 18.5 Å². The van der Waals surface area contributed by atoms with E-state index in [1.54, 1.807) is 12.4 Å². The molecule has 0 atom stereocenters. The van der Waals surface area contributed by atoms with E-state index in [0.717, 1.165) is 24.0 Å². The first-order valence-corrected chi connectivity index (χ1v) is 5.55. The number of carbonyl (C=O) groups excluding carboxylic acids is 1. The molecule has 0 saturated heterocycles. The van der Waals surface area contributed by atoms with Crippen LogP contribution in [0.25, 0.3) is 0 Å². The Labute approximate surface area is 91.7 Å². The van der Waals surface area contributed by atoms with Crippen molar-refractivity contribution >= 4 is 5.78 Å². The van der Waals surface area contributed by atoms with E-state index >= 15 is 0 Å². The largest absolute Gasteiger partial charge is 0.294 e. The van der Waals surface area contributed by atoms with Gasteiger partial charge in [0.25, 0.3) is 0 Å². The van der Waals surface area contributed by atoms with Gasteiger partial charge in [0.05, 0.1) is 0 Å². The lowest BCUT2D eigenvalue weighted by Gasteiger charge is -2.05. The van der Waals surface area contributed by atoms with Gasteiger partial charge in [-0.1, -0.05) is 20.3 Å². The van der Waals surface area contributed by atoms with Crippen molar-refractivity contribution in [3.63, 3.8) is 0 Å². The average Bonchev–Trinajstić information content (AvgIpc) is 2.17. The fraction of sp³-hybridized carbons (Fsp3) is 0.538. The average molecular weight is 205 g/mol. The zero-order chi connectivity index (χ0) is 11.3. The van der Waals surface area contributed by atoms with Gasteiger partial charge in [-0.3, -0.25) is 9.78 Å². The Morgan fingerprint density at radius 1 is 1.47 bits per heavy atom. The molecule has 2 nitrogen and oxygen atoms in total. The van der Waals surface area contributed by atoms with E-state index in [4.69, 9.17) is 0 Å². The summed E-state index contributed by atoms with van der Waals surface area (Å²) >= 11 is 0. The highest BCUT2D eigenvalue weighted by molar-refractivity contribution is 5.97. The second-order valence-electron chi connectivity index (χ2n) is 4.40. The van der Waals surface area contributed by atoms with E-state index in [1.807, 2.05) is 13.0 Å². The molecule has 0 spiro atoms. The third-order valence-electron chi connectivity index (χ3n) is 2.52. The molecule has 0 unspecified atom stereocenters. The molecule has 0 fully saturated rings. The summed E-state index contributed by atoms with van der Waals surface area (Å²) < 4.78 is 0. The van der Waals surface area contributed by atoms with Crippen molar-refractivity contribution in [2.24, 2.45) is 5.92 Å². The van der Waals surface area contributed by atoms with Gasteiger partial charge in [0, 0.05) is 24.4 Å². The van der Waals surface area contributed by atoms with Crippen molar-refractivity contribution in [3.05, 3.63) is 29.6 Å². The number of hydrogen-bond donors (Lipinski definition) is 0. The molecule has 2 heteroatoms. The number of carbonyl (C=O) groups is 1. The van der Waals surface area contributed by atoms with Crippen molar-refractivity contribution in [2.75, 3.05) is 0 Å². The SMILES string of the molecule is Cc1ccncc1C(=O)CCCC(C)C. The van der Waals surface area contributed by atoms with Crippen LogP contribution in [0.2, 0.25) is 0 Å². The summed E-state index contributed by atoms with van der Waals surface area (Å²) in [5.41, 5.74) is 1.81. The Balaban J connectivity index is 2.51. The maximum Gasteiger partial charge on any atom is 0.164 e. The molecule has 1 rings (SSSR count). The minimum absolute atomic E-state index is 0.223. The highest BCUT2D eigenvalue weighted by Crippen LogP contribution is 2.12. The van der Waals surface area contributed by atoms with Gasteiger partial charge in [-0.05, 0) is 30.9 Å². The predicted octanol–water partition coefficient (Wildman–Crippen LogP) is 3.40. The minimum Gasteiger partial charge on any atom is -0.294 e. The third-order valence-corrected chi connectivity index (χ3v) is 2.52. The Kier molecular flexibility index (Phi) is 4.47. The first kappa shape index (κ1) is 11.9. The summed E-state index contributed by atoms with van der Waals surface area (Å²) in [7, 11) is 0. The van der Waals surface area contributed by atoms with Gasteiger partial charge in [-0.15, -0.1) is 0 Å². The molecule has 0 radical (unpaired) electrons. The summed E-state index contributed by atoms with van der Waals surface area (Å²) in [4.78, 5) is 15.8. The number of Topliss-reactive ketones (excluding diaryl/α,β-unsaturated/α-hetero) is 1. The topological polar surface area (TPSA) is 30.0 Å². The number of rotatable bonds is 5. The van der Waals surface area contributed by atoms with E-state index in [2.05, 4.69) is 18.8 Å². The molecule has 15 heavy (non-hydrogen) atoms. The summed E-state index contributed by atoms with van der Waals surface area (Å²) in [5.74, 6) is 0.897. The molecule has 1 aromatic rings. The van der Waals surface area contributed by atoms with Crippen LogP contribution < -0.4 is 0 Å². The molecule has 0 aliphatic heterocycles.